The summed E-state index contributed by atoms with van der Waals surface area (Å²) in [4.78, 5) is 40.4. The topological polar surface area (TPSA) is 102 Å². The van der Waals surface area contributed by atoms with Gasteiger partial charge >= 0.3 is 0 Å². The van der Waals surface area contributed by atoms with Crippen LogP contribution in [-0.4, -0.2) is 112 Å². The molecule has 4 unspecified atom stereocenters. The molecule has 230 valence electrons. The van der Waals surface area contributed by atoms with Crippen LogP contribution in [0.1, 0.15) is 44.9 Å². The average Bonchev–Trinajstić information content (AvgIpc) is 3.31. The highest BCUT2D eigenvalue weighted by Crippen LogP contribution is 2.46. The van der Waals surface area contributed by atoms with Crippen molar-refractivity contribution in [2.45, 2.75) is 63.1 Å². The fraction of sp³-hybridized carbons (Fsp3) is 0.688. The van der Waals surface area contributed by atoms with Crippen LogP contribution in [-0.2, 0) is 16.6 Å². The van der Waals surface area contributed by atoms with Crippen LogP contribution in [0.15, 0.2) is 30.6 Å². The van der Waals surface area contributed by atoms with E-state index >= 15 is 0 Å². The van der Waals surface area contributed by atoms with Gasteiger partial charge in [-0.05, 0) is 87.6 Å². The molecule has 0 bridgehead atoms. The lowest BCUT2D eigenvalue weighted by Crippen LogP contribution is -2.51. The number of hydrogen-bond acceptors (Lipinski definition) is 8. The molecular formula is C32H45N9O2. The normalized spacial score (nSPS) is 33.1. The molecule has 5 atom stereocenters. The highest BCUT2D eigenvalue weighted by molar-refractivity contribution is 5.86. The second-order valence-corrected chi connectivity index (χ2v) is 14.0. The molecule has 11 heteroatoms. The Kier molecular flexibility index (Phi) is 6.95. The predicted octanol–water partition coefficient (Wildman–Crippen LogP) is 1.48. The van der Waals surface area contributed by atoms with Gasteiger partial charge in [-0.2, -0.15) is 5.10 Å². The molecule has 1 aromatic carbocycles. The number of anilines is 1. The third-order valence-corrected chi connectivity index (χ3v) is 11.4. The minimum atomic E-state index is -0.283. The Balaban J connectivity index is 0.823. The summed E-state index contributed by atoms with van der Waals surface area (Å²) >= 11 is 0. The van der Waals surface area contributed by atoms with Gasteiger partial charge in [0.2, 0.25) is 11.8 Å². The first-order valence-corrected chi connectivity index (χ1v) is 16.5. The third-order valence-electron chi connectivity index (χ3n) is 11.4. The first kappa shape index (κ1) is 27.5. The Bertz CT molecular complexity index is 1350. The van der Waals surface area contributed by atoms with Crippen molar-refractivity contribution in [3.05, 3.63) is 30.6 Å². The second-order valence-electron chi connectivity index (χ2n) is 14.0. The lowest BCUT2D eigenvalue weighted by Gasteiger charge is -2.39. The van der Waals surface area contributed by atoms with Crippen molar-refractivity contribution in [1.82, 2.24) is 40.3 Å². The number of carbonyl (C=O) groups excluding carboxylic acids is 2. The quantitative estimate of drug-likeness (QED) is 0.524. The summed E-state index contributed by atoms with van der Waals surface area (Å²) in [5.74, 6) is 2.77. The SMILES string of the molecule is Cn1cnc(-c2ccc(N3CCN(C(=O)CN4CC[C@]5(CCN(C6CCC7NNC(C8CC8)C7C6)C5=O)C4)CC3)cc2)n1. The van der Waals surface area contributed by atoms with Crippen molar-refractivity contribution in [3.63, 3.8) is 0 Å². The monoisotopic (exact) mass is 587 g/mol. The summed E-state index contributed by atoms with van der Waals surface area (Å²) < 4.78 is 1.71. The number of piperazine rings is 1. The minimum Gasteiger partial charge on any atom is -0.368 e. The summed E-state index contributed by atoms with van der Waals surface area (Å²) in [5, 5.41) is 4.39. The number of benzene rings is 1. The molecule has 6 fully saturated rings. The Morgan fingerprint density at radius 3 is 2.51 bits per heavy atom. The summed E-state index contributed by atoms with van der Waals surface area (Å²) in [5.41, 5.74) is 9.05. The van der Waals surface area contributed by atoms with E-state index in [9.17, 15) is 9.59 Å². The summed E-state index contributed by atoms with van der Waals surface area (Å²) in [6, 6.07) is 9.90. The number of aromatic nitrogens is 3. The number of carbonyl (C=O) groups is 2. The molecule has 4 saturated heterocycles. The molecule has 2 amide bonds. The van der Waals surface area contributed by atoms with Crippen molar-refractivity contribution in [2.75, 3.05) is 57.3 Å². The Morgan fingerprint density at radius 1 is 0.977 bits per heavy atom. The van der Waals surface area contributed by atoms with E-state index in [1.165, 1.54) is 12.8 Å². The van der Waals surface area contributed by atoms with Gasteiger partial charge in [0.15, 0.2) is 5.82 Å². The molecule has 1 aromatic heterocycles. The van der Waals surface area contributed by atoms with Gasteiger partial charge in [0, 0.05) is 75.7 Å². The predicted molar refractivity (Wildman–Crippen MR) is 163 cm³/mol. The fourth-order valence-corrected chi connectivity index (χ4v) is 8.74. The van der Waals surface area contributed by atoms with E-state index in [1.54, 1.807) is 11.0 Å². The minimum absolute atomic E-state index is 0.196. The van der Waals surface area contributed by atoms with Gasteiger partial charge in [-0.3, -0.25) is 30.0 Å². The number of nitrogens with one attached hydrogen (secondary N) is 2. The zero-order valence-electron chi connectivity index (χ0n) is 25.3. The van der Waals surface area contributed by atoms with E-state index in [1.807, 2.05) is 11.9 Å². The molecule has 11 nitrogen and oxygen atoms in total. The van der Waals surface area contributed by atoms with E-state index < -0.39 is 0 Å². The summed E-state index contributed by atoms with van der Waals surface area (Å²) in [7, 11) is 1.87. The zero-order chi connectivity index (χ0) is 29.1. The molecule has 6 aliphatic rings. The molecule has 0 radical (unpaired) electrons. The highest BCUT2D eigenvalue weighted by atomic mass is 16.2. The Labute approximate surface area is 253 Å². The van der Waals surface area contributed by atoms with Crippen LogP contribution in [0.2, 0.25) is 0 Å². The van der Waals surface area contributed by atoms with Crippen molar-refractivity contribution in [1.29, 1.82) is 0 Å². The van der Waals surface area contributed by atoms with Crippen molar-refractivity contribution >= 4 is 17.5 Å². The average molecular weight is 588 g/mol. The van der Waals surface area contributed by atoms with Crippen LogP contribution in [0.4, 0.5) is 5.69 Å². The Morgan fingerprint density at radius 2 is 1.77 bits per heavy atom. The first-order chi connectivity index (χ1) is 21.0. The van der Waals surface area contributed by atoms with Crippen LogP contribution < -0.4 is 15.8 Å². The van der Waals surface area contributed by atoms with Crippen LogP contribution in [0.5, 0.6) is 0 Å². The molecule has 2 aromatic rings. The zero-order valence-corrected chi connectivity index (χ0v) is 25.3. The standard InChI is InChI=1S/C32H45N9O2/c1-37-21-33-30(36-37)23-4-6-24(7-5-23)39-14-16-40(17-15-39)28(42)19-38-12-10-32(20-38)11-13-41(31(32)43)25-8-9-27-26(18-25)29(35-34-27)22-2-3-22/h4-7,21-22,25-27,29,34-35H,2-3,8-20H2,1H3/t25?,26?,27?,29?,32-/m0/s1. The maximum Gasteiger partial charge on any atom is 0.236 e. The van der Waals surface area contributed by atoms with Crippen molar-refractivity contribution < 1.29 is 9.59 Å². The Hall–Kier alpha value is -3.02. The van der Waals surface area contributed by atoms with Gasteiger partial charge in [0.1, 0.15) is 6.33 Å². The molecular weight excluding hydrogens is 542 g/mol. The summed E-state index contributed by atoms with van der Waals surface area (Å²) in [6.45, 7) is 5.98. The number of hydrazine groups is 1. The molecule has 5 heterocycles. The van der Waals surface area contributed by atoms with Crippen LogP contribution >= 0.6 is 0 Å². The van der Waals surface area contributed by atoms with Gasteiger partial charge in [-0.1, -0.05) is 0 Å². The maximum atomic E-state index is 13.9. The number of rotatable bonds is 6. The lowest BCUT2D eigenvalue weighted by atomic mass is 9.77. The maximum absolute atomic E-state index is 13.9. The van der Waals surface area contributed by atoms with Crippen molar-refractivity contribution in [3.8, 4) is 11.4 Å². The van der Waals surface area contributed by atoms with Gasteiger partial charge < -0.3 is 14.7 Å². The van der Waals surface area contributed by atoms with Crippen LogP contribution in [0.3, 0.4) is 0 Å². The van der Waals surface area contributed by atoms with Gasteiger partial charge in [-0.15, -0.1) is 0 Å². The smallest absolute Gasteiger partial charge is 0.236 e. The molecule has 2 N–H and O–H groups in total. The number of aryl methyl sites for hydroxylation is 1. The van der Waals surface area contributed by atoms with E-state index in [2.05, 4.69) is 59.9 Å². The first-order valence-electron chi connectivity index (χ1n) is 16.5. The summed E-state index contributed by atoms with van der Waals surface area (Å²) in [6.07, 6.45) is 9.64. The molecule has 1 spiro atoms. The van der Waals surface area contributed by atoms with Crippen molar-refractivity contribution in [2.24, 2.45) is 24.3 Å². The highest BCUT2D eigenvalue weighted by Gasteiger charge is 2.54. The fourth-order valence-electron chi connectivity index (χ4n) is 8.74. The largest absolute Gasteiger partial charge is 0.368 e. The van der Waals surface area contributed by atoms with Gasteiger partial charge in [-0.25, -0.2) is 4.98 Å². The second kappa shape index (κ2) is 10.9. The lowest BCUT2D eigenvalue weighted by molar-refractivity contribution is -0.139. The molecule has 2 saturated carbocycles. The van der Waals surface area contributed by atoms with E-state index in [0.717, 1.165) is 101 Å². The van der Waals surface area contributed by atoms with E-state index in [0.29, 0.717) is 36.5 Å². The van der Waals surface area contributed by atoms with E-state index in [4.69, 9.17) is 0 Å². The number of fused-ring (bicyclic) bond motifs is 1. The molecule has 8 rings (SSSR count). The number of hydrogen-bond donors (Lipinski definition) is 2. The number of nitrogens with zero attached hydrogens (tertiary/aromatic N) is 7. The van der Waals surface area contributed by atoms with Crippen LogP contribution in [0.25, 0.3) is 11.4 Å². The van der Waals surface area contributed by atoms with Gasteiger partial charge in [0.25, 0.3) is 0 Å². The molecule has 4 aliphatic heterocycles. The molecule has 43 heavy (non-hydrogen) atoms. The van der Waals surface area contributed by atoms with Gasteiger partial charge in [0.05, 0.1) is 12.0 Å². The van der Waals surface area contributed by atoms with Crippen LogP contribution in [0, 0.1) is 17.3 Å². The number of amides is 2. The molecule has 2 aliphatic carbocycles. The van der Waals surface area contributed by atoms with E-state index in [-0.39, 0.29) is 11.3 Å². The third kappa shape index (κ3) is 5.13. The number of likely N-dealkylation sites (tertiary alicyclic amines) is 2.